The van der Waals surface area contributed by atoms with E-state index in [0.29, 0.717) is 32.9 Å². The van der Waals surface area contributed by atoms with Crippen LogP contribution in [0.1, 0.15) is 13.8 Å². The van der Waals surface area contributed by atoms with Crippen LogP contribution in [0.5, 0.6) is 11.5 Å². The Morgan fingerprint density at radius 1 is 0.792 bits per heavy atom. The van der Waals surface area contributed by atoms with Crippen LogP contribution in [-0.2, 0) is 0 Å². The first-order valence-corrected chi connectivity index (χ1v) is 7.45. The maximum Gasteiger partial charge on any atom is 0.146 e. The lowest BCUT2D eigenvalue weighted by molar-refractivity contribution is 0.478. The third-order valence-corrected chi connectivity index (χ3v) is 4.31. The maximum absolute atomic E-state index is 10.9. The molecular weight excluding hydrogens is 306 g/mol. The van der Waals surface area contributed by atoms with Gasteiger partial charge in [-0.2, -0.15) is 0 Å². The molecular formula is C17H17N5O2. The van der Waals surface area contributed by atoms with Gasteiger partial charge in [-0.05, 0) is 32.0 Å². The Morgan fingerprint density at radius 2 is 1.29 bits per heavy atom. The van der Waals surface area contributed by atoms with Crippen molar-refractivity contribution in [2.24, 2.45) is 9.98 Å². The van der Waals surface area contributed by atoms with Crippen LogP contribution < -0.4 is 27.9 Å². The number of rotatable bonds is 0. The molecule has 24 heavy (non-hydrogen) atoms. The Balaban J connectivity index is 2.42. The monoisotopic (exact) mass is 323 g/mol. The molecule has 1 aliphatic heterocycles. The van der Waals surface area contributed by atoms with Crippen molar-refractivity contribution in [2.75, 3.05) is 17.2 Å². The number of phenolic OH excluding ortho intramolecular Hbond substituents is 2. The van der Waals surface area contributed by atoms with E-state index in [1.807, 2.05) is 13.8 Å². The Morgan fingerprint density at radius 3 is 1.88 bits per heavy atom. The fourth-order valence-corrected chi connectivity index (χ4v) is 3.35. The molecule has 1 heterocycles. The van der Waals surface area contributed by atoms with Crippen molar-refractivity contribution < 1.29 is 10.2 Å². The molecule has 0 aliphatic carbocycles. The third-order valence-electron chi connectivity index (χ3n) is 4.31. The molecule has 0 bridgehead atoms. The normalized spacial score (nSPS) is 15.2. The van der Waals surface area contributed by atoms with Gasteiger partial charge < -0.3 is 27.4 Å². The summed E-state index contributed by atoms with van der Waals surface area (Å²) in [6.07, 6.45) is 0. The number of hydrogen-bond acceptors (Lipinski definition) is 7. The maximum atomic E-state index is 10.9. The number of hydrogen-bond donors (Lipinski definition) is 5. The van der Waals surface area contributed by atoms with Crippen LogP contribution in [0.4, 0.5) is 17.1 Å². The number of nitrogen functional groups attached to an aromatic ring is 3. The molecule has 7 heteroatoms. The van der Waals surface area contributed by atoms with E-state index in [2.05, 4.69) is 9.98 Å². The average Bonchev–Trinajstić information content (AvgIpc) is 2.79. The second kappa shape index (κ2) is 4.19. The summed E-state index contributed by atoms with van der Waals surface area (Å²) < 4.78 is 0. The second-order valence-electron chi connectivity index (χ2n) is 6.49. The highest BCUT2D eigenvalue weighted by Gasteiger charge is 2.25. The smallest absolute Gasteiger partial charge is 0.146 e. The van der Waals surface area contributed by atoms with Crippen molar-refractivity contribution in [2.45, 2.75) is 19.5 Å². The number of aromatic hydroxyl groups is 2. The van der Waals surface area contributed by atoms with Gasteiger partial charge in [0.25, 0.3) is 0 Å². The average molecular weight is 323 g/mol. The largest absolute Gasteiger partial charge is 0.506 e. The van der Waals surface area contributed by atoms with E-state index in [9.17, 15) is 10.2 Å². The van der Waals surface area contributed by atoms with Gasteiger partial charge in [-0.3, -0.25) is 9.98 Å². The number of nitrogens with zero attached hydrogens (tertiary/aromatic N) is 2. The summed E-state index contributed by atoms with van der Waals surface area (Å²) in [4.78, 5) is 9.04. The molecule has 0 spiro atoms. The van der Waals surface area contributed by atoms with Crippen LogP contribution in [0.2, 0.25) is 0 Å². The van der Waals surface area contributed by atoms with Crippen molar-refractivity contribution in [1.29, 1.82) is 0 Å². The van der Waals surface area contributed by atoms with Crippen molar-refractivity contribution in [3.63, 3.8) is 0 Å². The Labute approximate surface area is 136 Å². The number of anilines is 3. The molecule has 0 radical (unpaired) electrons. The molecule has 1 aliphatic rings. The second-order valence-corrected chi connectivity index (χ2v) is 6.49. The van der Waals surface area contributed by atoms with Crippen LogP contribution in [-0.4, -0.2) is 15.9 Å². The van der Waals surface area contributed by atoms with Crippen LogP contribution in [0.3, 0.4) is 0 Å². The summed E-state index contributed by atoms with van der Waals surface area (Å²) in [5.74, 6) is -0.231. The third kappa shape index (κ3) is 1.66. The van der Waals surface area contributed by atoms with Crippen molar-refractivity contribution in [3.8, 4) is 11.5 Å². The van der Waals surface area contributed by atoms with E-state index in [-0.39, 0.29) is 28.0 Å². The molecule has 0 saturated carbocycles. The fraction of sp³-hybridized carbons (Fsp3) is 0.176. The molecule has 0 aromatic heterocycles. The van der Waals surface area contributed by atoms with E-state index in [0.717, 1.165) is 0 Å². The van der Waals surface area contributed by atoms with Gasteiger partial charge in [0.1, 0.15) is 17.2 Å². The van der Waals surface area contributed by atoms with Crippen molar-refractivity contribution >= 4 is 38.6 Å². The summed E-state index contributed by atoms with van der Waals surface area (Å²) in [5, 5.41) is 23.9. The summed E-state index contributed by atoms with van der Waals surface area (Å²) >= 11 is 0. The first kappa shape index (κ1) is 14.4. The molecule has 8 N–H and O–H groups in total. The van der Waals surface area contributed by atoms with Gasteiger partial charge in [0.05, 0.1) is 32.3 Å². The zero-order valence-corrected chi connectivity index (χ0v) is 13.3. The van der Waals surface area contributed by atoms with Gasteiger partial charge >= 0.3 is 0 Å². The lowest BCUT2D eigenvalue weighted by Gasteiger charge is -2.14. The standard InChI is InChI=1S/C17H17N5O2/c1-17(2)21-9-5-8(20)12-13(14(9)22-17)16(24)11-7(19)4-3-6(18)10(11)15(12)23/h3-5,23-24H,18-20H2,1-2H3. The minimum absolute atomic E-state index is 0.109. The molecule has 0 fully saturated rings. The van der Waals surface area contributed by atoms with Crippen LogP contribution in [0.15, 0.2) is 28.2 Å². The van der Waals surface area contributed by atoms with Gasteiger partial charge in [-0.1, -0.05) is 0 Å². The lowest BCUT2D eigenvalue weighted by atomic mass is 9.96. The number of fused-ring (bicyclic) bond motifs is 4. The van der Waals surface area contributed by atoms with Crippen molar-refractivity contribution in [3.05, 3.63) is 28.9 Å². The Hall–Kier alpha value is -3.22. The minimum atomic E-state index is -0.665. The van der Waals surface area contributed by atoms with Gasteiger partial charge in [-0.15, -0.1) is 0 Å². The fourth-order valence-electron chi connectivity index (χ4n) is 3.35. The van der Waals surface area contributed by atoms with Gasteiger partial charge in [-0.25, -0.2) is 0 Å². The van der Waals surface area contributed by atoms with Gasteiger partial charge in [0.2, 0.25) is 0 Å². The Kier molecular flexibility index (Phi) is 2.51. The first-order valence-electron chi connectivity index (χ1n) is 7.45. The molecule has 3 aromatic carbocycles. The van der Waals surface area contributed by atoms with Crippen molar-refractivity contribution in [1.82, 2.24) is 0 Å². The predicted octanol–water partition coefficient (Wildman–Crippen LogP) is 1.14. The van der Waals surface area contributed by atoms with E-state index in [4.69, 9.17) is 17.2 Å². The predicted molar refractivity (Wildman–Crippen MR) is 94.4 cm³/mol. The van der Waals surface area contributed by atoms with Crippen LogP contribution in [0, 0.1) is 0 Å². The van der Waals surface area contributed by atoms with Crippen LogP contribution in [0.25, 0.3) is 21.5 Å². The van der Waals surface area contributed by atoms with E-state index >= 15 is 0 Å². The van der Waals surface area contributed by atoms with E-state index in [1.54, 1.807) is 18.2 Å². The highest BCUT2D eigenvalue weighted by atomic mass is 16.3. The highest BCUT2D eigenvalue weighted by molar-refractivity contribution is 6.20. The highest BCUT2D eigenvalue weighted by Crippen LogP contribution is 2.46. The minimum Gasteiger partial charge on any atom is -0.506 e. The zero-order chi connectivity index (χ0) is 17.4. The topological polar surface area (TPSA) is 143 Å². The molecule has 7 nitrogen and oxygen atoms in total. The van der Waals surface area contributed by atoms with Crippen LogP contribution >= 0.6 is 0 Å². The molecule has 4 rings (SSSR count). The quantitative estimate of drug-likeness (QED) is 0.239. The molecule has 0 saturated heterocycles. The molecule has 0 unspecified atom stereocenters. The molecule has 0 amide bonds. The number of nitrogens with two attached hydrogens (primary N) is 3. The lowest BCUT2D eigenvalue weighted by Crippen LogP contribution is -2.23. The number of benzene rings is 3. The first-order chi connectivity index (χ1) is 11.2. The van der Waals surface area contributed by atoms with E-state index in [1.165, 1.54) is 0 Å². The summed E-state index contributed by atoms with van der Waals surface area (Å²) in [7, 11) is 0. The van der Waals surface area contributed by atoms with E-state index < -0.39 is 5.66 Å². The summed E-state index contributed by atoms with van der Waals surface area (Å²) in [5.41, 5.74) is 18.3. The molecule has 122 valence electrons. The SMILES string of the molecule is CC1(C)N=c2cc(N)c3c(O)c4c(N)ccc(N)c4c(O)c3c2=N1. The zero-order valence-electron chi connectivity index (χ0n) is 13.3. The Bertz CT molecular complexity index is 1180. The van der Waals surface area contributed by atoms with Gasteiger partial charge in [0, 0.05) is 17.1 Å². The molecule has 0 atom stereocenters. The summed E-state index contributed by atoms with van der Waals surface area (Å²) in [6.45, 7) is 3.69. The summed E-state index contributed by atoms with van der Waals surface area (Å²) in [6, 6.07) is 4.80. The molecule has 3 aromatic rings. The van der Waals surface area contributed by atoms with Gasteiger partial charge in [0.15, 0.2) is 0 Å². The number of phenols is 2.